The van der Waals surface area contributed by atoms with Crippen molar-refractivity contribution in [1.82, 2.24) is 0 Å². The Labute approximate surface area is 77.5 Å². The average Bonchev–Trinajstić information content (AvgIpc) is 2.31. The summed E-state index contributed by atoms with van der Waals surface area (Å²) >= 11 is 5.37. The van der Waals surface area contributed by atoms with Crippen LogP contribution in [0.2, 0.25) is 5.22 Å². The minimum absolute atomic E-state index is 0.0348. The molecule has 0 aromatic carbocycles. The van der Waals surface area contributed by atoms with Crippen LogP contribution < -0.4 is 5.73 Å². The first-order valence-corrected chi connectivity index (χ1v) is 3.84. The largest absolute Gasteiger partial charge is 0.448 e. The molecule has 13 heavy (non-hydrogen) atoms. The summed E-state index contributed by atoms with van der Waals surface area (Å²) in [4.78, 5) is 0. The summed E-state index contributed by atoms with van der Waals surface area (Å²) in [6.07, 6.45) is -5.41. The van der Waals surface area contributed by atoms with E-state index >= 15 is 0 Å². The van der Waals surface area contributed by atoms with E-state index in [4.69, 9.17) is 21.8 Å². The highest BCUT2D eigenvalue weighted by molar-refractivity contribution is 6.28. The first-order chi connectivity index (χ1) is 5.88. The lowest BCUT2D eigenvalue weighted by Gasteiger charge is -2.10. The van der Waals surface area contributed by atoms with Gasteiger partial charge in [0.2, 0.25) is 0 Å². The van der Waals surface area contributed by atoms with Crippen molar-refractivity contribution in [1.29, 1.82) is 0 Å². The summed E-state index contributed by atoms with van der Waals surface area (Å²) in [5, 5.41) is 0.0348. The summed E-state index contributed by atoms with van der Waals surface area (Å²) in [5.74, 6) is 0.0438. The highest BCUT2D eigenvalue weighted by atomic mass is 35.5. The Kier molecular flexibility index (Phi) is 2.87. The van der Waals surface area contributed by atoms with Gasteiger partial charge in [0, 0.05) is 0 Å². The van der Waals surface area contributed by atoms with Crippen molar-refractivity contribution in [3.05, 3.63) is 23.1 Å². The van der Waals surface area contributed by atoms with Crippen molar-refractivity contribution in [3.63, 3.8) is 0 Å². The van der Waals surface area contributed by atoms with Crippen molar-refractivity contribution in [2.45, 2.75) is 18.6 Å². The molecule has 1 atom stereocenters. The molecule has 0 saturated heterocycles. The molecule has 0 amide bonds. The van der Waals surface area contributed by atoms with Crippen LogP contribution >= 0.6 is 11.6 Å². The van der Waals surface area contributed by atoms with Gasteiger partial charge in [-0.15, -0.1) is 0 Å². The third-order valence-corrected chi connectivity index (χ3v) is 1.61. The van der Waals surface area contributed by atoms with Gasteiger partial charge in [-0.05, 0) is 23.7 Å². The molecule has 1 heterocycles. The van der Waals surface area contributed by atoms with Gasteiger partial charge in [-0.2, -0.15) is 13.2 Å². The SMILES string of the molecule is N[C@@H](CC(F)(F)F)c1ccc(Cl)o1. The Morgan fingerprint density at radius 3 is 2.46 bits per heavy atom. The maximum Gasteiger partial charge on any atom is 0.391 e. The predicted octanol–water partition coefficient (Wildman–Crippen LogP) is 2.89. The van der Waals surface area contributed by atoms with Gasteiger partial charge < -0.3 is 10.2 Å². The van der Waals surface area contributed by atoms with Gasteiger partial charge in [-0.3, -0.25) is 0 Å². The molecule has 74 valence electrons. The molecule has 0 bridgehead atoms. The number of hydrogen-bond donors (Lipinski definition) is 1. The zero-order valence-electron chi connectivity index (χ0n) is 6.44. The zero-order chi connectivity index (χ0) is 10.1. The van der Waals surface area contributed by atoms with Crippen LogP contribution in [-0.4, -0.2) is 6.18 Å². The number of halogens is 4. The van der Waals surface area contributed by atoms with Gasteiger partial charge in [0.05, 0.1) is 12.5 Å². The topological polar surface area (TPSA) is 39.2 Å². The first kappa shape index (κ1) is 10.4. The summed E-state index contributed by atoms with van der Waals surface area (Å²) in [5.41, 5.74) is 5.22. The Morgan fingerprint density at radius 1 is 1.46 bits per heavy atom. The molecule has 0 unspecified atom stereocenters. The summed E-state index contributed by atoms with van der Waals surface area (Å²) in [6.45, 7) is 0. The molecule has 1 rings (SSSR count). The van der Waals surface area contributed by atoms with Crippen LogP contribution in [0, 0.1) is 0 Å². The Bertz CT molecular complexity index is 284. The third kappa shape index (κ3) is 3.28. The molecule has 1 aromatic heterocycles. The molecule has 0 aliphatic rings. The highest BCUT2D eigenvalue weighted by Gasteiger charge is 2.32. The molecule has 0 aliphatic carbocycles. The summed E-state index contributed by atoms with van der Waals surface area (Å²) in [6, 6.07) is 1.50. The predicted molar refractivity (Wildman–Crippen MR) is 41.3 cm³/mol. The second kappa shape index (κ2) is 3.59. The van der Waals surface area contributed by atoms with E-state index in [0.29, 0.717) is 0 Å². The Hall–Kier alpha value is -0.680. The van der Waals surface area contributed by atoms with Crippen LogP contribution in [0.1, 0.15) is 18.2 Å². The van der Waals surface area contributed by atoms with Crippen molar-refractivity contribution in [3.8, 4) is 0 Å². The molecule has 2 N–H and O–H groups in total. The van der Waals surface area contributed by atoms with E-state index in [2.05, 4.69) is 0 Å². The van der Waals surface area contributed by atoms with E-state index in [1.54, 1.807) is 0 Å². The molecular weight excluding hydrogens is 207 g/mol. The fraction of sp³-hybridized carbons (Fsp3) is 0.429. The minimum atomic E-state index is -4.29. The van der Waals surface area contributed by atoms with Crippen LogP contribution in [0.3, 0.4) is 0 Å². The Balaban J connectivity index is 2.64. The van der Waals surface area contributed by atoms with Crippen LogP contribution in [0.5, 0.6) is 0 Å². The van der Waals surface area contributed by atoms with Gasteiger partial charge in [-0.25, -0.2) is 0 Å². The zero-order valence-corrected chi connectivity index (χ0v) is 7.19. The molecule has 0 fully saturated rings. The van der Waals surface area contributed by atoms with Gasteiger partial charge in [-0.1, -0.05) is 0 Å². The van der Waals surface area contributed by atoms with Gasteiger partial charge >= 0.3 is 6.18 Å². The monoisotopic (exact) mass is 213 g/mol. The van der Waals surface area contributed by atoms with Crippen molar-refractivity contribution >= 4 is 11.6 Å². The van der Waals surface area contributed by atoms with Crippen LogP contribution in [0.25, 0.3) is 0 Å². The number of alkyl halides is 3. The van der Waals surface area contributed by atoms with Crippen molar-refractivity contribution in [2.75, 3.05) is 0 Å². The minimum Gasteiger partial charge on any atom is -0.448 e. The number of hydrogen-bond acceptors (Lipinski definition) is 2. The van der Waals surface area contributed by atoms with E-state index < -0.39 is 18.6 Å². The van der Waals surface area contributed by atoms with Gasteiger partial charge in [0.1, 0.15) is 5.76 Å². The lowest BCUT2D eigenvalue weighted by atomic mass is 10.2. The number of furan rings is 1. The van der Waals surface area contributed by atoms with E-state index in [1.165, 1.54) is 12.1 Å². The lowest BCUT2D eigenvalue weighted by molar-refractivity contribution is -0.139. The molecule has 6 heteroatoms. The van der Waals surface area contributed by atoms with Gasteiger partial charge in [0.15, 0.2) is 5.22 Å². The van der Waals surface area contributed by atoms with E-state index in [0.717, 1.165) is 0 Å². The van der Waals surface area contributed by atoms with E-state index in [-0.39, 0.29) is 11.0 Å². The molecular formula is C7H7ClF3NO. The third-order valence-electron chi connectivity index (χ3n) is 1.41. The quantitative estimate of drug-likeness (QED) is 0.821. The Morgan fingerprint density at radius 2 is 2.08 bits per heavy atom. The van der Waals surface area contributed by atoms with Crippen LogP contribution in [-0.2, 0) is 0 Å². The highest BCUT2D eigenvalue weighted by Crippen LogP contribution is 2.29. The summed E-state index contributed by atoms with van der Waals surface area (Å²) in [7, 11) is 0. The van der Waals surface area contributed by atoms with Crippen LogP contribution in [0.15, 0.2) is 16.5 Å². The smallest absolute Gasteiger partial charge is 0.391 e. The molecule has 0 saturated carbocycles. The van der Waals surface area contributed by atoms with E-state index in [9.17, 15) is 13.2 Å². The maximum atomic E-state index is 11.8. The average molecular weight is 214 g/mol. The normalized spacial score (nSPS) is 14.5. The maximum absolute atomic E-state index is 11.8. The standard InChI is InChI=1S/C7H7ClF3NO/c8-6-2-1-5(13-6)4(12)3-7(9,10)11/h1-2,4H,3,12H2/t4-/m0/s1. The number of rotatable bonds is 2. The fourth-order valence-electron chi connectivity index (χ4n) is 0.878. The molecule has 2 nitrogen and oxygen atoms in total. The fourth-order valence-corrected chi connectivity index (χ4v) is 1.03. The van der Waals surface area contributed by atoms with Crippen molar-refractivity contribution in [2.24, 2.45) is 5.73 Å². The summed E-state index contributed by atoms with van der Waals surface area (Å²) < 4.78 is 40.3. The molecule has 0 radical (unpaired) electrons. The second-order valence-corrected chi connectivity index (χ2v) is 2.94. The molecule has 0 spiro atoms. The van der Waals surface area contributed by atoms with Crippen molar-refractivity contribution < 1.29 is 17.6 Å². The number of nitrogens with two attached hydrogens (primary N) is 1. The van der Waals surface area contributed by atoms with Crippen LogP contribution in [0.4, 0.5) is 13.2 Å². The molecule has 0 aliphatic heterocycles. The molecule has 1 aromatic rings. The lowest BCUT2D eigenvalue weighted by Crippen LogP contribution is -2.19. The van der Waals surface area contributed by atoms with E-state index in [1.807, 2.05) is 0 Å². The van der Waals surface area contributed by atoms with Gasteiger partial charge in [0.25, 0.3) is 0 Å². The second-order valence-electron chi connectivity index (χ2n) is 2.57. The first-order valence-electron chi connectivity index (χ1n) is 3.46.